The van der Waals surface area contributed by atoms with Crippen LogP contribution in [0.25, 0.3) is 0 Å². The van der Waals surface area contributed by atoms with Crippen molar-refractivity contribution in [3.05, 3.63) is 0 Å². The Kier molecular flexibility index (Phi) is 10.9. The van der Waals surface area contributed by atoms with Crippen LogP contribution in [0.5, 0.6) is 0 Å². The molecule has 11 heavy (non-hydrogen) atoms. The molecule has 0 aliphatic heterocycles. The Morgan fingerprint density at radius 2 is 0.636 bits per heavy atom. The largest absolute Gasteiger partial charge is 0.822 e. The second-order valence-electron chi connectivity index (χ2n) is 0.894. The summed E-state index contributed by atoms with van der Waals surface area (Å²) in [5.41, 5.74) is 0. The van der Waals surface area contributed by atoms with E-state index in [-0.39, 0.29) is 27.3 Å². The van der Waals surface area contributed by atoms with Gasteiger partial charge in [0.15, 0.2) is 0 Å². The van der Waals surface area contributed by atoms with Crippen LogP contribution in [-0.4, -0.2) is 0 Å². The molecule has 0 atom stereocenters. The van der Waals surface area contributed by atoms with E-state index in [2.05, 4.69) is 0 Å². The van der Waals surface area contributed by atoms with Gasteiger partial charge in [0.2, 0.25) is 0 Å². The molecule has 0 bridgehead atoms. The third-order valence-electron chi connectivity index (χ3n) is 0. The van der Waals surface area contributed by atoms with Crippen LogP contribution in [0.4, 0.5) is 0 Å². The molecule has 0 amide bonds. The monoisotopic (exact) mass is 304 g/mol. The molecule has 0 saturated carbocycles. The van der Waals surface area contributed by atoms with Crippen LogP contribution < -0.4 is 29.4 Å². The predicted octanol–water partition coefficient (Wildman–Crippen LogP) is -5.65. The van der Waals surface area contributed by atoms with E-state index in [0.29, 0.717) is 0 Å². The average molecular weight is 302 g/mol. The number of phosphoric acid groups is 2. The first-order chi connectivity index (χ1) is 4.00. The number of rotatable bonds is 0. The van der Waals surface area contributed by atoms with Crippen molar-refractivity contribution in [1.29, 1.82) is 0 Å². The fourth-order valence-corrected chi connectivity index (χ4v) is 0. The van der Waals surface area contributed by atoms with Crippen molar-refractivity contribution in [2.45, 2.75) is 0 Å². The Labute approximate surface area is 81.5 Å². The molecule has 0 aliphatic carbocycles. The quantitative estimate of drug-likeness (QED) is 0.314. The Morgan fingerprint density at radius 3 is 0.636 bits per heavy atom. The average Bonchev–Trinajstić information content (AvgIpc) is 1.12. The van der Waals surface area contributed by atoms with E-state index in [1.54, 1.807) is 0 Å². The van der Waals surface area contributed by atoms with Crippen LogP contribution in [0.15, 0.2) is 0 Å². The molecular formula is CdO8P2-6. The van der Waals surface area contributed by atoms with Crippen molar-refractivity contribution in [3.63, 3.8) is 0 Å². The van der Waals surface area contributed by atoms with E-state index in [1.165, 1.54) is 0 Å². The van der Waals surface area contributed by atoms with Gasteiger partial charge in [0, 0.05) is 27.3 Å². The molecule has 0 fully saturated rings. The minimum absolute atomic E-state index is 0. The maximum absolute atomic E-state index is 8.55. The van der Waals surface area contributed by atoms with Gasteiger partial charge in [-0.2, -0.15) is 15.6 Å². The zero-order valence-electron chi connectivity index (χ0n) is 4.87. The van der Waals surface area contributed by atoms with E-state index >= 15 is 0 Å². The maximum atomic E-state index is 8.55. The minimum Gasteiger partial charge on any atom is -0.822 e. The van der Waals surface area contributed by atoms with E-state index < -0.39 is 15.6 Å². The normalized spacial score (nSPS) is 10.7. The van der Waals surface area contributed by atoms with E-state index in [4.69, 9.17) is 38.5 Å². The molecule has 0 unspecified atom stereocenters. The van der Waals surface area contributed by atoms with Crippen molar-refractivity contribution in [2.75, 3.05) is 0 Å². The molecule has 0 aromatic carbocycles. The van der Waals surface area contributed by atoms with Crippen molar-refractivity contribution in [2.24, 2.45) is 0 Å². The summed E-state index contributed by atoms with van der Waals surface area (Å²) in [6, 6.07) is 0. The Balaban J connectivity index is -0.000000107. The third-order valence-corrected chi connectivity index (χ3v) is 0. The number of hydrogen-bond donors (Lipinski definition) is 0. The molecule has 66 valence electrons. The summed E-state index contributed by atoms with van der Waals surface area (Å²) in [5.74, 6) is 0. The van der Waals surface area contributed by atoms with Gasteiger partial charge >= 0.3 is 0 Å². The predicted molar refractivity (Wildman–Crippen MR) is 15.2 cm³/mol. The van der Waals surface area contributed by atoms with Crippen LogP contribution in [0, 0.1) is 0 Å². The molecule has 0 radical (unpaired) electrons. The van der Waals surface area contributed by atoms with Gasteiger partial charge in [-0.3, -0.25) is 0 Å². The molecule has 0 aromatic rings. The molecule has 11 heteroatoms. The Bertz CT molecular complexity index is 124. The van der Waals surface area contributed by atoms with Gasteiger partial charge in [0.25, 0.3) is 0 Å². The first kappa shape index (κ1) is 18.0. The smallest absolute Gasteiger partial charge is 0 e. The molecule has 8 nitrogen and oxygen atoms in total. The summed E-state index contributed by atoms with van der Waals surface area (Å²) in [6.07, 6.45) is 0. The molecule has 0 aromatic heterocycles. The zero-order chi connectivity index (χ0) is 9.00. The van der Waals surface area contributed by atoms with E-state index in [9.17, 15) is 0 Å². The molecule has 0 heterocycles. The minimum atomic E-state index is -5.39. The Hall–Kier alpha value is 1.14. The van der Waals surface area contributed by atoms with Crippen LogP contribution in [0.1, 0.15) is 0 Å². The number of hydrogen-bond acceptors (Lipinski definition) is 8. The summed E-state index contributed by atoms with van der Waals surface area (Å²) in [5, 5.41) is 0. The standard InChI is InChI=1S/Cd.2H3O4P/c;2*1-5(2,3)4/h;2*(H3,1,2,3,4)/p-6. The van der Waals surface area contributed by atoms with Gasteiger partial charge in [0.1, 0.15) is 0 Å². The van der Waals surface area contributed by atoms with Crippen molar-refractivity contribution < 1.29 is 65.8 Å². The second kappa shape index (κ2) is 6.64. The summed E-state index contributed by atoms with van der Waals surface area (Å²) in [6.45, 7) is 0. The SMILES string of the molecule is O=P([O-])([O-])[O-].O=P([O-])([O-])[O-].[Cd]. The molecule has 0 saturated heterocycles. The molecule has 0 N–H and O–H groups in total. The van der Waals surface area contributed by atoms with Gasteiger partial charge in [-0.25, -0.2) is 0 Å². The summed E-state index contributed by atoms with van der Waals surface area (Å²) in [4.78, 5) is 51.3. The zero-order valence-corrected chi connectivity index (χ0v) is 10.7. The van der Waals surface area contributed by atoms with Crippen molar-refractivity contribution >= 4 is 15.6 Å². The van der Waals surface area contributed by atoms with Gasteiger partial charge in [-0.05, 0) is 0 Å². The first-order valence-electron chi connectivity index (χ1n) is 1.46. The Morgan fingerprint density at radius 1 is 0.636 bits per heavy atom. The first-order valence-corrected chi connectivity index (χ1v) is 4.38. The summed E-state index contributed by atoms with van der Waals surface area (Å²) < 4.78 is 17.1. The molecule has 0 rings (SSSR count). The molecular weight excluding hydrogens is 302 g/mol. The summed E-state index contributed by atoms with van der Waals surface area (Å²) in [7, 11) is -10.8. The maximum Gasteiger partial charge on any atom is 0 e. The van der Waals surface area contributed by atoms with Crippen LogP contribution >= 0.6 is 15.6 Å². The van der Waals surface area contributed by atoms with Crippen LogP contribution in [0.2, 0.25) is 0 Å². The fraction of sp³-hybridized carbons (Fsp3) is 0. The van der Waals surface area contributed by atoms with Crippen LogP contribution in [-0.2, 0) is 36.4 Å². The third kappa shape index (κ3) is 714. The van der Waals surface area contributed by atoms with Crippen LogP contribution in [0.3, 0.4) is 0 Å². The molecule has 0 spiro atoms. The molecule has 0 aliphatic rings. The summed E-state index contributed by atoms with van der Waals surface area (Å²) >= 11 is 0. The van der Waals surface area contributed by atoms with Gasteiger partial charge in [0.05, 0.1) is 0 Å². The topological polar surface area (TPSA) is 172 Å². The fourth-order valence-electron chi connectivity index (χ4n) is 0. The van der Waals surface area contributed by atoms with Gasteiger partial charge < -0.3 is 38.5 Å². The van der Waals surface area contributed by atoms with Gasteiger partial charge in [-0.1, -0.05) is 0 Å². The van der Waals surface area contributed by atoms with Crippen molar-refractivity contribution in [3.8, 4) is 0 Å². The van der Waals surface area contributed by atoms with E-state index in [0.717, 1.165) is 0 Å². The van der Waals surface area contributed by atoms with Crippen molar-refractivity contribution in [1.82, 2.24) is 0 Å². The van der Waals surface area contributed by atoms with E-state index in [1.807, 2.05) is 0 Å². The van der Waals surface area contributed by atoms with Gasteiger partial charge in [-0.15, -0.1) is 0 Å². The second-order valence-corrected chi connectivity index (χ2v) is 2.68.